The fourth-order valence-electron chi connectivity index (χ4n) is 11.4. The van der Waals surface area contributed by atoms with Crippen molar-refractivity contribution < 1.29 is 99.2 Å². The topological polar surface area (TPSA) is 345 Å². The number of aromatic nitrogens is 2. The number of primary amides is 1. The number of fused-ring (bicyclic) bond motifs is 5. The normalized spacial score (nSPS) is 15.9. The number of amides is 6. The van der Waals surface area contributed by atoms with Gasteiger partial charge < -0.3 is 94.1 Å². The van der Waals surface area contributed by atoms with E-state index < -0.39 is 101 Å². The number of carbonyl (C=O) groups excluding carboxylic acids is 6. The number of nitrogens with zero attached hydrogens (tertiary/aromatic N) is 2. The standard InChI is InChI=1S/C68H95F3N8O19/c1-7-68(87)49-36-56-61-46(38-79(56)64(83)47(49)39-97-65(68)84)59-53(12-11-45-43(6)50(69)37-55(75-61)58(45)59)77-67(86)98-40-48-51(70)34-44(35-52(48)71)74-62(81)54(10-8-9-15-73-66(72)85)76-63(82)60(42(4)5)78-57(80)14-17-89-19-21-91-23-25-93-27-29-95-31-33-96-32-30-94-28-26-92-24-22-90-20-18-88-16-13-41(2)3/h34-37,41-42,53-54,60,87H,7-33,38-40H2,1-6H3,(H,74,81)(H,76,82)(H,77,86)(H,78,80)(H3,72,73,85)/t53-,54-,60-,68-/m0/s1. The summed E-state index contributed by atoms with van der Waals surface area (Å²) in [4.78, 5) is 97.5. The summed E-state index contributed by atoms with van der Waals surface area (Å²) in [6.07, 6.45) is 0.875. The molecule has 542 valence electrons. The molecule has 4 aromatic rings. The van der Waals surface area contributed by atoms with Crippen LogP contribution in [0.15, 0.2) is 29.1 Å². The number of nitrogens with two attached hydrogens (primary N) is 1. The van der Waals surface area contributed by atoms with Gasteiger partial charge in [0.2, 0.25) is 17.7 Å². The molecule has 27 nitrogen and oxygen atoms in total. The lowest BCUT2D eigenvalue weighted by Gasteiger charge is -2.31. The predicted molar refractivity (Wildman–Crippen MR) is 350 cm³/mol. The zero-order chi connectivity index (χ0) is 70.7. The molecule has 0 saturated carbocycles. The molecule has 1 aliphatic carbocycles. The van der Waals surface area contributed by atoms with E-state index in [0.717, 1.165) is 25.2 Å². The van der Waals surface area contributed by atoms with Crippen molar-refractivity contribution in [1.82, 2.24) is 30.8 Å². The molecule has 2 aromatic heterocycles. The molecule has 30 heteroatoms. The first-order chi connectivity index (χ1) is 47.1. The van der Waals surface area contributed by atoms with Crippen LogP contribution in [-0.4, -0.2) is 188 Å². The Kier molecular flexibility index (Phi) is 31.4. The van der Waals surface area contributed by atoms with Crippen LogP contribution in [-0.2, 0) is 103 Å². The molecule has 0 fully saturated rings. The Balaban J connectivity index is 0.811. The van der Waals surface area contributed by atoms with Gasteiger partial charge >= 0.3 is 18.1 Å². The van der Waals surface area contributed by atoms with Gasteiger partial charge in [0.1, 0.15) is 42.7 Å². The number of ether oxygens (including phenoxy) is 11. The van der Waals surface area contributed by atoms with Crippen molar-refractivity contribution >= 4 is 52.4 Å². The number of pyridine rings is 2. The number of hydrogen-bond donors (Lipinski definition) is 7. The molecule has 0 radical (unpaired) electrons. The smallest absolute Gasteiger partial charge is 0.407 e. The van der Waals surface area contributed by atoms with E-state index in [0.29, 0.717) is 139 Å². The van der Waals surface area contributed by atoms with Crippen molar-refractivity contribution in [2.45, 2.75) is 136 Å². The molecule has 98 heavy (non-hydrogen) atoms. The van der Waals surface area contributed by atoms with E-state index in [1.54, 1.807) is 27.7 Å². The van der Waals surface area contributed by atoms with Gasteiger partial charge in [0.25, 0.3) is 5.56 Å². The molecule has 0 unspecified atom stereocenters. The van der Waals surface area contributed by atoms with E-state index in [2.05, 4.69) is 40.4 Å². The lowest BCUT2D eigenvalue weighted by atomic mass is 9.81. The molecule has 8 N–H and O–H groups in total. The van der Waals surface area contributed by atoms with Crippen molar-refractivity contribution in [2.24, 2.45) is 17.6 Å². The average molecular weight is 1390 g/mol. The molecular formula is C68H95F3N8O19. The van der Waals surface area contributed by atoms with E-state index in [9.17, 15) is 38.7 Å². The van der Waals surface area contributed by atoms with Crippen LogP contribution in [0.2, 0.25) is 0 Å². The van der Waals surface area contributed by atoms with Gasteiger partial charge in [-0.15, -0.1) is 0 Å². The SMILES string of the molecule is CC[C@@]1(O)C(=O)OCc2c1cc1n(c2=O)Cc2c-1nc1cc(F)c(C)c3c1c2[C@@H](NC(=O)OCc1c(F)cc(NC(=O)[C@H](CCCCNC(N)=O)NC(=O)[C@@H](NC(=O)CCOCCOCCOCCOCCOCCOCCOCCOCCOCCC(C)C)C(C)C)cc1F)CC3. The van der Waals surface area contributed by atoms with Crippen molar-refractivity contribution in [3.05, 3.63) is 91.0 Å². The summed E-state index contributed by atoms with van der Waals surface area (Å²) in [5.74, 6) is -5.74. The van der Waals surface area contributed by atoms with Gasteiger partial charge in [-0.3, -0.25) is 19.2 Å². The lowest BCUT2D eigenvalue weighted by molar-refractivity contribution is -0.172. The van der Waals surface area contributed by atoms with E-state index in [1.807, 2.05) is 0 Å². The summed E-state index contributed by atoms with van der Waals surface area (Å²) in [5, 5.41) is 25.0. The van der Waals surface area contributed by atoms with Crippen LogP contribution in [0.4, 0.5) is 28.4 Å². The molecule has 0 saturated heterocycles. The van der Waals surface area contributed by atoms with Crippen LogP contribution in [0, 0.1) is 36.2 Å². The van der Waals surface area contributed by atoms with Gasteiger partial charge in [-0.2, -0.15) is 0 Å². The molecule has 3 aliphatic rings. The number of alkyl carbamates (subject to hydrolysis) is 1. The fraction of sp³-hybridized carbons (Fsp3) is 0.618. The van der Waals surface area contributed by atoms with Crippen molar-refractivity contribution in [1.29, 1.82) is 0 Å². The number of aryl methyl sites for hydroxylation is 1. The van der Waals surface area contributed by atoms with Crippen LogP contribution in [0.5, 0.6) is 0 Å². The highest BCUT2D eigenvalue weighted by Crippen LogP contribution is 2.46. The summed E-state index contributed by atoms with van der Waals surface area (Å²) >= 11 is 0. The Hall–Kier alpha value is -7.39. The third-order valence-electron chi connectivity index (χ3n) is 16.8. The number of esters is 1. The third-order valence-corrected chi connectivity index (χ3v) is 16.8. The maximum Gasteiger partial charge on any atom is 0.407 e. The first-order valence-corrected chi connectivity index (χ1v) is 33.5. The summed E-state index contributed by atoms with van der Waals surface area (Å²) in [6, 6.07) is 0.380. The molecule has 4 atom stereocenters. The molecule has 4 heterocycles. The van der Waals surface area contributed by atoms with Crippen LogP contribution in [0.1, 0.15) is 125 Å². The number of urea groups is 1. The number of cyclic esters (lactones) is 1. The van der Waals surface area contributed by atoms with Gasteiger partial charge in [-0.1, -0.05) is 34.6 Å². The van der Waals surface area contributed by atoms with Crippen LogP contribution < -0.4 is 37.9 Å². The molecule has 2 aromatic carbocycles. The Labute approximate surface area is 567 Å². The van der Waals surface area contributed by atoms with E-state index in [1.165, 1.54) is 16.7 Å². The fourth-order valence-corrected chi connectivity index (χ4v) is 11.4. The molecular weight excluding hydrogens is 1290 g/mol. The van der Waals surface area contributed by atoms with Crippen LogP contribution >= 0.6 is 0 Å². The zero-order valence-corrected chi connectivity index (χ0v) is 56.8. The zero-order valence-electron chi connectivity index (χ0n) is 56.8. The summed E-state index contributed by atoms with van der Waals surface area (Å²) in [5.41, 5.74) is 4.53. The molecule has 0 bridgehead atoms. The number of rotatable bonds is 45. The minimum atomic E-state index is -2.10. The Morgan fingerprint density at radius 2 is 1.28 bits per heavy atom. The number of nitrogens with one attached hydrogen (secondary N) is 5. The minimum absolute atomic E-state index is 0.00997. The first kappa shape index (κ1) is 78.0. The Morgan fingerprint density at radius 1 is 0.714 bits per heavy atom. The number of unbranched alkanes of at least 4 members (excludes halogenated alkanes) is 1. The van der Waals surface area contributed by atoms with Crippen LogP contribution in [0.25, 0.3) is 22.3 Å². The largest absolute Gasteiger partial charge is 0.458 e. The summed E-state index contributed by atoms with van der Waals surface area (Å²) in [7, 11) is 0. The Morgan fingerprint density at radius 3 is 1.82 bits per heavy atom. The van der Waals surface area contributed by atoms with E-state index >= 15 is 13.2 Å². The third kappa shape index (κ3) is 22.3. The van der Waals surface area contributed by atoms with Gasteiger partial charge in [-0.05, 0) is 98.6 Å². The quantitative estimate of drug-likeness (QED) is 0.0181. The van der Waals surface area contributed by atoms with Crippen molar-refractivity contribution in [3.8, 4) is 11.4 Å². The first-order valence-electron chi connectivity index (χ1n) is 33.5. The van der Waals surface area contributed by atoms with Gasteiger partial charge in [0, 0.05) is 47.8 Å². The number of aliphatic hydroxyl groups is 1. The van der Waals surface area contributed by atoms with Gasteiger partial charge in [0.05, 0.1) is 153 Å². The second-order valence-electron chi connectivity index (χ2n) is 24.6. The highest BCUT2D eigenvalue weighted by atomic mass is 19.1. The number of anilines is 1. The monoisotopic (exact) mass is 1380 g/mol. The summed E-state index contributed by atoms with van der Waals surface area (Å²) in [6.45, 7) is 17.1. The number of halogens is 3. The number of carbonyl (C=O) groups is 6. The molecule has 2 aliphatic heterocycles. The molecule has 6 amide bonds. The predicted octanol–water partition coefficient (Wildman–Crippen LogP) is 5.71. The van der Waals surface area contributed by atoms with Gasteiger partial charge in [-0.25, -0.2) is 32.5 Å². The number of hydrogen-bond acceptors (Lipinski definition) is 20. The van der Waals surface area contributed by atoms with E-state index in [4.69, 9.17) is 62.8 Å². The lowest BCUT2D eigenvalue weighted by Crippen LogP contribution is -2.54. The summed E-state index contributed by atoms with van der Waals surface area (Å²) < 4.78 is 109. The van der Waals surface area contributed by atoms with Crippen molar-refractivity contribution in [3.63, 3.8) is 0 Å². The Bertz CT molecular complexity index is 3390. The number of benzene rings is 2. The van der Waals surface area contributed by atoms with Crippen LogP contribution in [0.3, 0.4) is 0 Å². The van der Waals surface area contributed by atoms with Crippen molar-refractivity contribution in [2.75, 3.05) is 131 Å². The second kappa shape index (κ2) is 39.4. The van der Waals surface area contributed by atoms with E-state index in [-0.39, 0.29) is 105 Å². The maximum atomic E-state index is 15.9. The maximum absolute atomic E-state index is 15.9. The second-order valence-corrected chi connectivity index (χ2v) is 24.6. The molecule has 7 rings (SSSR count). The molecule has 0 spiro atoms. The average Bonchev–Trinajstić information content (AvgIpc) is 1.48. The highest BCUT2D eigenvalue weighted by molar-refractivity contribution is 5.99. The minimum Gasteiger partial charge on any atom is -0.458 e. The highest BCUT2D eigenvalue weighted by Gasteiger charge is 2.46. The van der Waals surface area contributed by atoms with Gasteiger partial charge in [0.15, 0.2) is 5.60 Å².